The van der Waals surface area contributed by atoms with Crippen LogP contribution in [-0.2, 0) is 0 Å². The van der Waals surface area contributed by atoms with Crippen molar-refractivity contribution >= 4 is 0 Å². The van der Waals surface area contributed by atoms with Gasteiger partial charge in [-0.25, -0.2) is 0 Å². The van der Waals surface area contributed by atoms with E-state index >= 15 is 0 Å². The van der Waals surface area contributed by atoms with Gasteiger partial charge in [0.15, 0.2) is 0 Å². The first-order valence-corrected chi connectivity index (χ1v) is 7.03. The van der Waals surface area contributed by atoms with Gasteiger partial charge in [0.1, 0.15) is 0 Å². The molecule has 1 aromatic rings. The molecule has 0 amide bonds. The van der Waals surface area contributed by atoms with E-state index in [0.717, 1.165) is 13.1 Å². The van der Waals surface area contributed by atoms with E-state index in [1.165, 1.54) is 24.9 Å². The van der Waals surface area contributed by atoms with Crippen LogP contribution >= 0.6 is 0 Å². The van der Waals surface area contributed by atoms with Gasteiger partial charge in [-0.15, -0.1) is 0 Å². The van der Waals surface area contributed by atoms with Gasteiger partial charge in [-0.05, 0) is 44.9 Å². The van der Waals surface area contributed by atoms with Gasteiger partial charge in [0.25, 0.3) is 0 Å². The maximum atomic E-state index is 4.24. The lowest BCUT2D eigenvalue weighted by Gasteiger charge is -2.36. The van der Waals surface area contributed by atoms with Gasteiger partial charge in [-0.3, -0.25) is 9.88 Å². The Morgan fingerprint density at radius 1 is 1.56 bits per heavy atom. The van der Waals surface area contributed by atoms with Crippen molar-refractivity contribution in [3.8, 4) is 0 Å². The average molecular weight is 247 g/mol. The summed E-state index contributed by atoms with van der Waals surface area (Å²) in [6, 6.07) is 4.66. The van der Waals surface area contributed by atoms with Gasteiger partial charge in [0, 0.05) is 37.1 Å². The van der Waals surface area contributed by atoms with Gasteiger partial charge >= 0.3 is 0 Å². The third-order valence-electron chi connectivity index (χ3n) is 4.22. The third-order valence-corrected chi connectivity index (χ3v) is 4.22. The Morgan fingerprint density at radius 2 is 2.39 bits per heavy atom. The molecule has 1 aliphatic heterocycles. The molecule has 1 N–H and O–H groups in total. The maximum absolute atomic E-state index is 4.24. The highest BCUT2D eigenvalue weighted by Gasteiger charge is 2.29. The molecule has 0 bridgehead atoms. The SMILES string of the molecule is CCC1(C)CN(C(C)c2cccnc2)CCCN1. The first kappa shape index (κ1) is 13.5. The summed E-state index contributed by atoms with van der Waals surface area (Å²) in [7, 11) is 0. The number of nitrogens with zero attached hydrogens (tertiary/aromatic N) is 2. The van der Waals surface area contributed by atoms with E-state index in [1.54, 1.807) is 0 Å². The fraction of sp³-hybridized carbons (Fsp3) is 0.667. The molecule has 0 aliphatic carbocycles. The number of aromatic nitrogens is 1. The number of hydrogen-bond acceptors (Lipinski definition) is 3. The van der Waals surface area contributed by atoms with Crippen molar-refractivity contribution in [2.24, 2.45) is 0 Å². The molecular weight excluding hydrogens is 222 g/mol. The predicted molar refractivity (Wildman–Crippen MR) is 75.5 cm³/mol. The Balaban J connectivity index is 2.11. The highest BCUT2D eigenvalue weighted by atomic mass is 15.2. The number of pyridine rings is 1. The van der Waals surface area contributed by atoms with Gasteiger partial charge in [0.05, 0.1) is 0 Å². The summed E-state index contributed by atoms with van der Waals surface area (Å²) in [6.45, 7) is 10.3. The lowest BCUT2D eigenvalue weighted by Crippen LogP contribution is -2.48. The van der Waals surface area contributed by atoms with Crippen molar-refractivity contribution < 1.29 is 0 Å². The molecule has 2 rings (SSSR count). The van der Waals surface area contributed by atoms with Crippen LogP contribution in [0.15, 0.2) is 24.5 Å². The minimum atomic E-state index is 0.243. The van der Waals surface area contributed by atoms with Gasteiger partial charge in [-0.1, -0.05) is 13.0 Å². The first-order valence-electron chi connectivity index (χ1n) is 7.03. The fourth-order valence-corrected chi connectivity index (χ4v) is 2.66. The van der Waals surface area contributed by atoms with Crippen molar-refractivity contribution in [1.82, 2.24) is 15.2 Å². The van der Waals surface area contributed by atoms with Crippen molar-refractivity contribution in [2.75, 3.05) is 19.6 Å². The molecule has 3 nitrogen and oxygen atoms in total. The predicted octanol–water partition coefficient (Wildman–Crippen LogP) is 2.61. The third kappa shape index (κ3) is 3.09. The van der Waals surface area contributed by atoms with Gasteiger partial charge in [0.2, 0.25) is 0 Å². The molecule has 100 valence electrons. The van der Waals surface area contributed by atoms with Crippen LogP contribution in [0.25, 0.3) is 0 Å². The summed E-state index contributed by atoms with van der Waals surface area (Å²) in [5.74, 6) is 0. The van der Waals surface area contributed by atoms with E-state index in [9.17, 15) is 0 Å². The second kappa shape index (κ2) is 5.81. The van der Waals surface area contributed by atoms with Crippen LogP contribution in [0.4, 0.5) is 0 Å². The van der Waals surface area contributed by atoms with Crippen LogP contribution in [0.2, 0.25) is 0 Å². The summed E-state index contributed by atoms with van der Waals surface area (Å²) in [5, 5.41) is 3.69. The number of nitrogens with one attached hydrogen (secondary N) is 1. The van der Waals surface area contributed by atoms with Crippen LogP contribution in [-0.4, -0.2) is 35.1 Å². The lowest BCUT2D eigenvalue weighted by molar-refractivity contribution is 0.169. The Hall–Kier alpha value is -0.930. The second-order valence-corrected chi connectivity index (χ2v) is 5.63. The van der Waals surface area contributed by atoms with Crippen molar-refractivity contribution in [3.05, 3.63) is 30.1 Å². The summed E-state index contributed by atoms with van der Waals surface area (Å²) in [6.07, 6.45) is 6.23. The Labute approximate surface area is 111 Å². The largest absolute Gasteiger partial charge is 0.310 e. The van der Waals surface area contributed by atoms with E-state index in [2.05, 4.69) is 42.0 Å². The molecule has 1 aromatic heterocycles. The molecule has 2 heterocycles. The Morgan fingerprint density at radius 3 is 3.06 bits per heavy atom. The van der Waals surface area contributed by atoms with E-state index in [1.807, 2.05) is 18.5 Å². The van der Waals surface area contributed by atoms with E-state index in [0.29, 0.717) is 6.04 Å². The Kier molecular flexibility index (Phi) is 4.36. The monoisotopic (exact) mass is 247 g/mol. The lowest BCUT2D eigenvalue weighted by atomic mass is 9.97. The van der Waals surface area contributed by atoms with Crippen molar-refractivity contribution in [1.29, 1.82) is 0 Å². The molecule has 2 atom stereocenters. The summed E-state index contributed by atoms with van der Waals surface area (Å²) in [5.41, 5.74) is 1.56. The number of rotatable bonds is 3. The molecule has 18 heavy (non-hydrogen) atoms. The van der Waals surface area contributed by atoms with E-state index in [-0.39, 0.29) is 5.54 Å². The zero-order chi connectivity index (χ0) is 13.0. The van der Waals surface area contributed by atoms with Gasteiger partial charge in [-0.2, -0.15) is 0 Å². The van der Waals surface area contributed by atoms with Crippen LogP contribution in [0.5, 0.6) is 0 Å². The standard InChI is InChI=1S/C15H25N3/c1-4-15(3)12-18(10-6-9-17-15)13(2)14-7-5-8-16-11-14/h5,7-8,11,13,17H,4,6,9-10,12H2,1-3H3. The fourth-order valence-electron chi connectivity index (χ4n) is 2.66. The number of hydrogen-bond donors (Lipinski definition) is 1. The van der Waals surface area contributed by atoms with Crippen molar-refractivity contribution in [2.45, 2.75) is 45.2 Å². The zero-order valence-corrected chi connectivity index (χ0v) is 11.8. The molecule has 0 aromatic carbocycles. The molecule has 1 aliphatic rings. The molecule has 0 spiro atoms. The maximum Gasteiger partial charge on any atom is 0.0335 e. The summed E-state index contributed by atoms with van der Waals surface area (Å²) >= 11 is 0. The van der Waals surface area contributed by atoms with E-state index < -0.39 is 0 Å². The molecule has 2 unspecified atom stereocenters. The average Bonchev–Trinajstić information content (AvgIpc) is 2.62. The molecule has 3 heteroatoms. The van der Waals surface area contributed by atoms with Crippen molar-refractivity contribution in [3.63, 3.8) is 0 Å². The van der Waals surface area contributed by atoms with Crippen LogP contribution < -0.4 is 5.32 Å². The Bertz CT molecular complexity index is 365. The molecule has 1 saturated heterocycles. The summed E-state index contributed by atoms with van der Waals surface area (Å²) in [4.78, 5) is 6.82. The second-order valence-electron chi connectivity index (χ2n) is 5.63. The summed E-state index contributed by atoms with van der Waals surface area (Å²) < 4.78 is 0. The molecular formula is C15H25N3. The molecule has 0 radical (unpaired) electrons. The zero-order valence-electron chi connectivity index (χ0n) is 11.8. The van der Waals surface area contributed by atoms with Crippen LogP contribution in [0.3, 0.4) is 0 Å². The molecule has 1 fully saturated rings. The van der Waals surface area contributed by atoms with E-state index in [4.69, 9.17) is 0 Å². The molecule has 0 saturated carbocycles. The van der Waals surface area contributed by atoms with Crippen LogP contribution in [0.1, 0.15) is 45.2 Å². The minimum Gasteiger partial charge on any atom is -0.310 e. The van der Waals surface area contributed by atoms with Crippen LogP contribution in [0, 0.1) is 0 Å². The topological polar surface area (TPSA) is 28.2 Å². The quantitative estimate of drug-likeness (QED) is 0.890. The highest BCUT2D eigenvalue weighted by Crippen LogP contribution is 2.24. The highest BCUT2D eigenvalue weighted by molar-refractivity contribution is 5.13. The minimum absolute atomic E-state index is 0.243. The first-order chi connectivity index (χ1) is 8.64. The van der Waals surface area contributed by atoms with Gasteiger partial charge < -0.3 is 5.32 Å². The normalized spacial score (nSPS) is 27.7. The smallest absolute Gasteiger partial charge is 0.0335 e.